The van der Waals surface area contributed by atoms with Crippen LogP contribution in [0.3, 0.4) is 0 Å². The second-order valence-electron chi connectivity index (χ2n) is 6.76. The van der Waals surface area contributed by atoms with Gasteiger partial charge >= 0.3 is 0 Å². The number of benzene rings is 2. The summed E-state index contributed by atoms with van der Waals surface area (Å²) in [5.74, 6) is -1.04. The highest BCUT2D eigenvalue weighted by atomic mass is 16.5. The maximum Gasteiger partial charge on any atom is 0.294 e. The van der Waals surface area contributed by atoms with Gasteiger partial charge in [0.25, 0.3) is 5.91 Å². The number of aliphatic hydroxyl groups is 1. The number of hydrogen-bond acceptors (Lipinski definition) is 5. The lowest BCUT2D eigenvalue weighted by molar-refractivity contribution is -0.117. The van der Waals surface area contributed by atoms with E-state index in [1.807, 2.05) is 19.1 Å². The quantitative estimate of drug-likeness (QED) is 0.655. The highest BCUT2D eigenvalue weighted by Gasteiger charge is 2.45. The van der Waals surface area contributed by atoms with Crippen LogP contribution in [0.4, 0.5) is 5.69 Å². The molecular weight excluding hydrogens is 370 g/mol. The summed E-state index contributed by atoms with van der Waals surface area (Å²) < 4.78 is 10.4. The maximum atomic E-state index is 13.1. The van der Waals surface area contributed by atoms with Gasteiger partial charge in [-0.1, -0.05) is 29.8 Å². The van der Waals surface area contributed by atoms with Crippen LogP contribution >= 0.6 is 0 Å². The molecule has 29 heavy (non-hydrogen) atoms. The minimum absolute atomic E-state index is 0.0179. The number of Topliss-reactive ketones (excluding diaryl/α,β-unsaturated/α-hetero) is 1. The standard InChI is InChI=1S/C23H19NO5/c1-14-5-9-16(10-6-14)24-20(15-7-11-17(28-2)12-8-15)19(22(26)23(24)27)21(25)18-4-3-13-29-18/h3-13,20,26H,1-2H3/t20-/m1/s1. The van der Waals surface area contributed by atoms with E-state index in [1.54, 1.807) is 49.6 Å². The van der Waals surface area contributed by atoms with Crippen LogP contribution in [0.2, 0.25) is 0 Å². The summed E-state index contributed by atoms with van der Waals surface area (Å²) in [6.07, 6.45) is 1.38. The molecule has 0 radical (unpaired) electrons. The molecule has 1 aliphatic rings. The summed E-state index contributed by atoms with van der Waals surface area (Å²) in [5, 5.41) is 10.6. The van der Waals surface area contributed by atoms with Crippen LogP contribution in [0.15, 0.2) is 82.7 Å². The molecule has 2 aromatic carbocycles. The Bertz CT molecular complexity index is 1080. The Morgan fingerprint density at radius 2 is 1.76 bits per heavy atom. The number of carbonyl (C=O) groups excluding carboxylic acids is 2. The van der Waals surface area contributed by atoms with Crippen molar-refractivity contribution in [2.75, 3.05) is 12.0 Å². The van der Waals surface area contributed by atoms with E-state index in [0.717, 1.165) is 5.56 Å². The number of rotatable bonds is 5. The monoisotopic (exact) mass is 389 g/mol. The van der Waals surface area contributed by atoms with Gasteiger partial charge in [-0.15, -0.1) is 0 Å². The van der Waals surface area contributed by atoms with E-state index in [1.165, 1.54) is 17.2 Å². The van der Waals surface area contributed by atoms with Crippen molar-refractivity contribution in [2.45, 2.75) is 13.0 Å². The summed E-state index contributed by atoms with van der Waals surface area (Å²) in [4.78, 5) is 27.5. The fraction of sp³-hybridized carbons (Fsp3) is 0.130. The molecule has 146 valence electrons. The van der Waals surface area contributed by atoms with Crippen molar-refractivity contribution in [3.05, 3.63) is 95.1 Å². The number of nitrogens with zero attached hydrogens (tertiary/aromatic N) is 1. The van der Waals surface area contributed by atoms with E-state index in [0.29, 0.717) is 17.0 Å². The highest BCUT2D eigenvalue weighted by molar-refractivity contribution is 6.20. The Morgan fingerprint density at radius 1 is 1.07 bits per heavy atom. The Balaban J connectivity index is 1.86. The van der Waals surface area contributed by atoms with Crippen molar-refractivity contribution < 1.29 is 23.8 Å². The van der Waals surface area contributed by atoms with Gasteiger partial charge in [0.05, 0.1) is 25.0 Å². The topological polar surface area (TPSA) is 80.0 Å². The van der Waals surface area contributed by atoms with E-state index in [4.69, 9.17) is 9.15 Å². The van der Waals surface area contributed by atoms with Crippen LogP contribution < -0.4 is 9.64 Å². The van der Waals surface area contributed by atoms with Crippen LogP contribution in [0.25, 0.3) is 0 Å². The molecule has 3 aromatic rings. The predicted molar refractivity (Wildman–Crippen MR) is 107 cm³/mol. The lowest BCUT2D eigenvalue weighted by atomic mass is 9.94. The zero-order valence-corrected chi connectivity index (χ0v) is 16.0. The molecule has 6 heteroatoms. The maximum absolute atomic E-state index is 13.1. The Hall–Kier alpha value is -3.80. The van der Waals surface area contributed by atoms with Crippen molar-refractivity contribution in [2.24, 2.45) is 0 Å². The van der Waals surface area contributed by atoms with Gasteiger partial charge in [-0.2, -0.15) is 0 Å². The third-order valence-corrected chi connectivity index (χ3v) is 4.94. The smallest absolute Gasteiger partial charge is 0.294 e. The average Bonchev–Trinajstić information content (AvgIpc) is 3.36. The zero-order valence-electron chi connectivity index (χ0n) is 16.0. The normalized spacial score (nSPS) is 16.4. The first kappa shape index (κ1) is 18.6. The first-order valence-electron chi connectivity index (χ1n) is 9.06. The van der Waals surface area contributed by atoms with E-state index in [9.17, 15) is 14.7 Å². The number of methoxy groups -OCH3 is 1. The van der Waals surface area contributed by atoms with Crippen molar-refractivity contribution in [1.29, 1.82) is 0 Å². The number of carbonyl (C=O) groups is 2. The lowest BCUT2D eigenvalue weighted by Crippen LogP contribution is -2.31. The molecule has 0 saturated carbocycles. The number of aryl methyl sites for hydroxylation is 1. The molecular formula is C23H19NO5. The fourth-order valence-electron chi connectivity index (χ4n) is 3.45. The molecule has 1 aliphatic heterocycles. The van der Waals surface area contributed by atoms with Gasteiger partial charge in [0.1, 0.15) is 5.75 Å². The number of anilines is 1. The van der Waals surface area contributed by atoms with Crippen molar-refractivity contribution in [1.82, 2.24) is 0 Å². The largest absolute Gasteiger partial charge is 0.503 e. The first-order chi connectivity index (χ1) is 14.0. The SMILES string of the molecule is COc1ccc([C@@H]2C(C(=O)c3ccco3)=C(O)C(=O)N2c2ccc(C)cc2)cc1. The number of hydrogen-bond donors (Lipinski definition) is 1. The van der Waals surface area contributed by atoms with Crippen LogP contribution in [0.5, 0.6) is 5.75 Å². The number of ketones is 1. The summed E-state index contributed by atoms with van der Waals surface area (Å²) in [7, 11) is 1.56. The van der Waals surface area contributed by atoms with E-state index in [2.05, 4.69) is 0 Å². The van der Waals surface area contributed by atoms with Gasteiger partial charge in [-0.3, -0.25) is 14.5 Å². The molecule has 6 nitrogen and oxygen atoms in total. The van der Waals surface area contributed by atoms with E-state index < -0.39 is 23.5 Å². The Morgan fingerprint density at radius 3 is 2.34 bits per heavy atom. The number of furan rings is 1. The van der Waals surface area contributed by atoms with E-state index >= 15 is 0 Å². The fourth-order valence-corrected chi connectivity index (χ4v) is 3.45. The van der Waals surface area contributed by atoms with Crippen LogP contribution in [0, 0.1) is 6.92 Å². The van der Waals surface area contributed by atoms with Gasteiger partial charge in [-0.25, -0.2) is 0 Å². The molecule has 1 amide bonds. The third-order valence-electron chi connectivity index (χ3n) is 4.94. The molecule has 1 N–H and O–H groups in total. The Kier molecular flexibility index (Phi) is 4.68. The van der Waals surface area contributed by atoms with Gasteiger partial charge in [0.15, 0.2) is 11.5 Å². The molecule has 0 unspecified atom stereocenters. The van der Waals surface area contributed by atoms with Crippen molar-refractivity contribution in [3.63, 3.8) is 0 Å². The number of ether oxygens (including phenoxy) is 1. The highest BCUT2D eigenvalue weighted by Crippen LogP contribution is 2.42. The predicted octanol–water partition coefficient (Wildman–Crippen LogP) is 4.38. The first-order valence-corrected chi connectivity index (χ1v) is 9.06. The zero-order chi connectivity index (χ0) is 20.5. The summed E-state index contributed by atoms with van der Waals surface area (Å²) in [6.45, 7) is 1.94. The average molecular weight is 389 g/mol. The Labute approximate surface area is 167 Å². The molecule has 1 atom stereocenters. The third kappa shape index (κ3) is 3.18. The minimum atomic E-state index is -0.797. The van der Waals surface area contributed by atoms with Gasteiger partial charge in [-0.05, 0) is 48.9 Å². The summed E-state index contributed by atoms with van der Waals surface area (Å²) >= 11 is 0. The molecule has 0 aliphatic carbocycles. The van der Waals surface area contributed by atoms with Crippen molar-refractivity contribution >= 4 is 17.4 Å². The van der Waals surface area contributed by atoms with Crippen LogP contribution in [0.1, 0.15) is 27.7 Å². The molecule has 0 bridgehead atoms. The summed E-state index contributed by atoms with van der Waals surface area (Å²) in [6, 6.07) is 16.7. The van der Waals surface area contributed by atoms with Crippen molar-refractivity contribution in [3.8, 4) is 5.75 Å². The summed E-state index contributed by atoms with van der Waals surface area (Å²) in [5.41, 5.74) is 2.26. The second-order valence-corrected chi connectivity index (χ2v) is 6.76. The lowest BCUT2D eigenvalue weighted by Gasteiger charge is -2.27. The van der Waals surface area contributed by atoms with E-state index in [-0.39, 0.29) is 11.3 Å². The molecule has 1 aromatic heterocycles. The van der Waals surface area contributed by atoms with Gasteiger partial charge < -0.3 is 14.3 Å². The second kappa shape index (κ2) is 7.31. The molecule has 2 heterocycles. The van der Waals surface area contributed by atoms with Gasteiger partial charge in [0, 0.05) is 5.69 Å². The molecule has 0 fully saturated rings. The molecule has 4 rings (SSSR count). The minimum Gasteiger partial charge on any atom is -0.503 e. The number of amides is 1. The van der Waals surface area contributed by atoms with Crippen LogP contribution in [-0.4, -0.2) is 23.9 Å². The number of aliphatic hydroxyl groups excluding tert-OH is 1. The molecule has 0 spiro atoms. The van der Waals surface area contributed by atoms with Crippen LogP contribution in [-0.2, 0) is 4.79 Å². The van der Waals surface area contributed by atoms with Gasteiger partial charge in [0.2, 0.25) is 5.78 Å². The molecule has 0 saturated heterocycles.